The maximum absolute atomic E-state index is 13.4. The van der Waals surface area contributed by atoms with E-state index >= 15 is 0 Å². The number of aromatic nitrogens is 4. The zero-order valence-electron chi connectivity index (χ0n) is 17.1. The summed E-state index contributed by atoms with van der Waals surface area (Å²) < 4.78 is 0. The van der Waals surface area contributed by atoms with E-state index in [1.54, 1.807) is 24.8 Å². The van der Waals surface area contributed by atoms with E-state index in [1.807, 2.05) is 24.1 Å². The molecule has 0 saturated carbocycles. The molecule has 0 N–H and O–H groups in total. The fourth-order valence-electron chi connectivity index (χ4n) is 4.86. The van der Waals surface area contributed by atoms with Gasteiger partial charge >= 0.3 is 0 Å². The number of nitrogens with zero attached hydrogens (tertiary/aromatic N) is 6. The van der Waals surface area contributed by atoms with Crippen LogP contribution in [0.4, 0.5) is 5.82 Å². The van der Waals surface area contributed by atoms with Crippen molar-refractivity contribution < 1.29 is 4.79 Å². The van der Waals surface area contributed by atoms with Gasteiger partial charge in [0.2, 0.25) is 0 Å². The van der Waals surface area contributed by atoms with Crippen LogP contribution in [0.5, 0.6) is 0 Å². The molecule has 4 heterocycles. The van der Waals surface area contributed by atoms with Crippen LogP contribution in [0.3, 0.4) is 0 Å². The third-order valence-corrected chi connectivity index (χ3v) is 6.31. The van der Waals surface area contributed by atoms with E-state index in [0.29, 0.717) is 24.1 Å². The van der Waals surface area contributed by atoms with E-state index in [4.69, 9.17) is 0 Å². The molecule has 2 aromatic heterocycles. The van der Waals surface area contributed by atoms with Crippen LogP contribution >= 0.6 is 0 Å². The van der Waals surface area contributed by atoms with Gasteiger partial charge in [0.1, 0.15) is 11.5 Å². The Morgan fingerprint density at radius 1 is 0.967 bits per heavy atom. The number of amides is 1. The molecular formula is C23H24N6O. The van der Waals surface area contributed by atoms with E-state index in [9.17, 15) is 4.79 Å². The Morgan fingerprint density at radius 2 is 1.83 bits per heavy atom. The van der Waals surface area contributed by atoms with E-state index in [-0.39, 0.29) is 11.9 Å². The molecule has 1 aromatic carbocycles. The molecule has 152 valence electrons. The maximum atomic E-state index is 13.4. The highest BCUT2D eigenvalue weighted by molar-refractivity contribution is 5.92. The molecule has 0 unspecified atom stereocenters. The summed E-state index contributed by atoms with van der Waals surface area (Å²) in [4.78, 5) is 35.0. The molecule has 3 atom stereocenters. The number of carbonyl (C=O) groups is 1. The van der Waals surface area contributed by atoms with Crippen LogP contribution < -0.4 is 4.90 Å². The van der Waals surface area contributed by atoms with Gasteiger partial charge in [-0.1, -0.05) is 24.3 Å². The van der Waals surface area contributed by atoms with Crippen LogP contribution in [0.25, 0.3) is 0 Å². The fraction of sp³-hybridized carbons (Fsp3) is 0.348. The van der Waals surface area contributed by atoms with Crippen molar-refractivity contribution in [2.75, 3.05) is 24.5 Å². The number of aryl methyl sites for hydroxylation is 2. The molecule has 0 aliphatic carbocycles. The van der Waals surface area contributed by atoms with Crippen molar-refractivity contribution in [1.82, 2.24) is 24.8 Å². The minimum atomic E-state index is -0.0452. The van der Waals surface area contributed by atoms with Gasteiger partial charge in [0, 0.05) is 50.1 Å². The number of rotatable bonds is 3. The normalized spacial score (nSPS) is 22.9. The summed E-state index contributed by atoms with van der Waals surface area (Å²) in [5.74, 6) is 1.56. The van der Waals surface area contributed by atoms with Crippen molar-refractivity contribution in [1.29, 1.82) is 0 Å². The largest absolute Gasteiger partial charge is 0.355 e. The molecule has 0 radical (unpaired) electrons. The summed E-state index contributed by atoms with van der Waals surface area (Å²) in [5, 5.41) is 0. The predicted molar refractivity (Wildman–Crippen MR) is 113 cm³/mol. The summed E-state index contributed by atoms with van der Waals surface area (Å²) in [6, 6.07) is 8.37. The molecule has 2 aliphatic rings. The fourth-order valence-corrected chi connectivity index (χ4v) is 4.86. The third-order valence-electron chi connectivity index (χ3n) is 6.31. The standard InChI is InChI=1S/C23H24N6O/c1-15-5-3-4-6-18(15)22-19-14-28(21-11-24-7-8-25-21)12-17(19)13-29(22)23(30)20-10-26-16(2)9-27-20/h3-11,17,19,22H,12-14H2,1-2H3/t17-,19-,22+/m0/s1. The van der Waals surface area contributed by atoms with Gasteiger partial charge in [-0.05, 0) is 25.0 Å². The lowest BCUT2D eigenvalue weighted by molar-refractivity contribution is 0.0708. The summed E-state index contributed by atoms with van der Waals surface area (Å²) in [7, 11) is 0. The molecule has 30 heavy (non-hydrogen) atoms. The SMILES string of the molecule is Cc1cnc(C(=O)N2C[C@@H]3CN(c4cnccn4)C[C@@H]3[C@H]2c2ccccc2C)cn1. The van der Waals surface area contributed by atoms with Crippen LogP contribution in [-0.2, 0) is 0 Å². The average molecular weight is 400 g/mol. The highest BCUT2D eigenvalue weighted by atomic mass is 16.2. The Kier molecular flexibility index (Phi) is 4.65. The summed E-state index contributed by atoms with van der Waals surface area (Å²) in [6.07, 6.45) is 8.48. The molecule has 0 spiro atoms. The molecule has 1 amide bonds. The zero-order chi connectivity index (χ0) is 20.7. The minimum absolute atomic E-state index is 0.00785. The first kappa shape index (κ1) is 18.7. The van der Waals surface area contributed by atoms with Gasteiger partial charge in [0.25, 0.3) is 5.91 Å². The van der Waals surface area contributed by atoms with Gasteiger partial charge in [-0.15, -0.1) is 0 Å². The number of fused-ring (bicyclic) bond motifs is 1. The van der Waals surface area contributed by atoms with E-state index < -0.39 is 0 Å². The van der Waals surface area contributed by atoms with Gasteiger partial charge in [-0.25, -0.2) is 9.97 Å². The number of likely N-dealkylation sites (tertiary alicyclic amines) is 1. The van der Waals surface area contributed by atoms with Crippen molar-refractivity contribution >= 4 is 11.7 Å². The van der Waals surface area contributed by atoms with Gasteiger partial charge in [-0.2, -0.15) is 0 Å². The number of anilines is 1. The van der Waals surface area contributed by atoms with Crippen LogP contribution in [-0.4, -0.2) is 50.4 Å². The van der Waals surface area contributed by atoms with E-state index in [0.717, 1.165) is 24.6 Å². The molecule has 2 aliphatic heterocycles. The van der Waals surface area contributed by atoms with E-state index in [2.05, 4.69) is 50.0 Å². The Morgan fingerprint density at radius 3 is 2.57 bits per heavy atom. The highest BCUT2D eigenvalue weighted by Gasteiger charge is 2.50. The first-order chi connectivity index (χ1) is 14.6. The number of benzene rings is 1. The van der Waals surface area contributed by atoms with Crippen LogP contribution in [0.2, 0.25) is 0 Å². The lowest BCUT2D eigenvalue weighted by atomic mass is 9.87. The summed E-state index contributed by atoms with van der Waals surface area (Å²) >= 11 is 0. The zero-order valence-corrected chi connectivity index (χ0v) is 17.1. The van der Waals surface area contributed by atoms with Crippen LogP contribution in [0, 0.1) is 25.7 Å². The smallest absolute Gasteiger partial charge is 0.274 e. The summed E-state index contributed by atoms with van der Waals surface area (Å²) in [6.45, 7) is 6.42. The first-order valence-corrected chi connectivity index (χ1v) is 10.3. The van der Waals surface area contributed by atoms with Gasteiger partial charge in [-0.3, -0.25) is 14.8 Å². The van der Waals surface area contributed by atoms with Crippen molar-refractivity contribution in [2.24, 2.45) is 11.8 Å². The quantitative estimate of drug-likeness (QED) is 0.673. The Balaban J connectivity index is 1.49. The van der Waals surface area contributed by atoms with Crippen molar-refractivity contribution in [2.45, 2.75) is 19.9 Å². The van der Waals surface area contributed by atoms with Gasteiger partial charge < -0.3 is 9.80 Å². The molecule has 7 heteroatoms. The molecular weight excluding hydrogens is 376 g/mol. The van der Waals surface area contributed by atoms with Crippen molar-refractivity contribution in [3.05, 3.63) is 77.8 Å². The molecule has 3 aromatic rings. The molecule has 0 bridgehead atoms. The number of hydrogen-bond donors (Lipinski definition) is 0. The lowest BCUT2D eigenvalue weighted by Gasteiger charge is -2.31. The van der Waals surface area contributed by atoms with Crippen LogP contribution in [0.1, 0.15) is 33.4 Å². The second-order valence-electron chi connectivity index (χ2n) is 8.19. The molecule has 2 saturated heterocycles. The lowest BCUT2D eigenvalue weighted by Crippen LogP contribution is -2.36. The number of carbonyl (C=O) groups excluding carboxylic acids is 1. The maximum Gasteiger partial charge on any atom is 0.274 e. The first-order valence-electron chi connectivity index (χ1n) is 10.3. The highest BCUT2D eigenvalue weighted by Crippen LogP contribution is 2.46. The van der Waals surface area contributed by atoms with Crippen molar-refractivity contribution in [3.8, 4) is 0 Å². The monoisotopic (exact) mass is 400 g/mol. The van der Waals surface area contributed by atoms with Crippen LogP contribution in [0.15, 0.2) is 55.2 Å². The minimum Gasteiger partial charge on any atom is -0.355 e. The molecule has 2 fully saturated rings. The number of hydrogen-bond acceptors (Lipinski definition) is 6. The van der Waals surface area contributed by atoms with Crippen molar-refractivity contribution in [3.63, 3.8) is 0 Å². The third kappa shape index (κ3) is 3.20. The van der Waals surface area contributed by atoms with Gasteiger partial charge in [0.15, 0.2) is 0 Å². The topological polar surface area (TPSA) is 75.1 Å². The Hall–Kier alpha value is -3.35. The predicted octanol–water partition coefficient (Wildman–Crippen LogP) is 2.83. The summed E-state index contributed by atoms with van der Waals surface area (Å²) in [5.41, 5.74) is 3.62. The second kappa shape index (κ2) is 7.48. The Labute approximate surface area is 175 Å². The molecule has 7 nitrogen and oxygen atoms in total. The van der Waals surface area contributed by atoms with Gasteiger partial charge in [0.05, 0.1) is 24.1 Å². The van der Waals surface area contributed by atoms with E-state index in [1.165, 1.54) is 11.1 Å². The Bertz CT molecular complexity index is 1050. The second-order valence-corrected chi connectivity index (χ2v) is 8.19. The molecule has 5 rings (SSSR count). The average Bonchev–Trinajstić information content (AvgIpc) is 3.33.